The van der Waals surface area contributed by atoms with Gasteiger partial charge in [0.15, 0.2) is 0 Å². The largest absolute Gasteiger partial charge is 0.494 e. The number of aromatic carboxylic acids is 1. The van der Waals surface area contributed by atoms with Crippen molar-refractivity contribution in [3.8, 4) is 5.75 Å². The molecule has 16 heavy (non-hydrogen) atoms. The number of carboxylic acid groups (broad SMARTS) is 1. The highest BCUT2D eigenvalue weighted by Gasteiger charge is 2.05. The number of hydrogen-bond acceptors (Lipinski definition) is 3. The molecule has 0 bridgehead atoms. The fourth-order valence-electron chi connectivity index (χ4n) is 1.49. The van der Waals surface area contributed by atoms with Gasteiger partial charge in [0.2, 0.25) is 0 Å². The molecular formula is C12H11NO3. The van der Waals surface area contributed by atoms with Crippen LogP contribution in [0.25, 0.3) is 10.8 Å². The summed E-state index contributed by atoms with van der Waals surface area (Å²) in [6.45, 7) is 2.52. The molecule has 4 nitrogen and oxygen atoms in total. The van der Waals surface area contributed by atoms with Crippen molar-refractivity contribution in [3.63, 3.8) is 0 Å². The molecular weight excluding hydrogens is 206 g/mol. The Labute approximate surface area is 92.5 Å². The molecule has 82 valence electrons. The molecule has 0 saturated heterocycles. The van der Waals surface area contributed by atoms with Gasteiger partial charge >= 0.3 is 5.97 Å². The summed E-state index contributed by atoms with van der Waals surface area (Å²) >= 11 is 0. The third-order valence-corrected chi connectivity index (χ3v) is 2.22. The summed E-state index contributed by atoms with van der Waals surface area (Å²) in [4.78, 5) is 14.6. The van der Waals surface area contributed by atoms with Crippen molar-refractivity contribution in [1.29, 1.82) is 0 Å². The summed E-state index contributed by atoms with van der Waals surface area (Å²) in [6, 6.07) is 7.04. The highest BCUT2D eigenvalue weighted by molar-refractivity contribution is 5.92. The standard InChI is InChI=1S/C12H11NO3/c1-2-16-10-4-3-8-6-11(12(14)15)13-7-9(8)5-10/h3-7H,2H2,1H3,(H,14,15). The lowest BCUT2D eigenvalue weighted by Gasteiger charge is -2.04. The normalized spacial score (nSPS) is 10.3. The maximum Gasteiger partial charge on any atom is 0.354 e. The number of fused-ring (bicyclic) bond motifs is 1. The number of benzene rings is 1. The first-order valence-corrected chi connectivity index (χ1v) is 4.96. The van der Waals surface area contributed by atoms with Crippen LogP contribution in [0.5, 0.6) is 5.75 Å². The molecule has 0 aliphatic carbocycles. The quantitative estimate of drug-likeness (QED) is 0.857. The molecule has 1 heterocycles. The third kappa shape index (κ3) is 1.95. The zero-order chi connectivity index (χ0) is 11.5. The maximum atomic E-state index is 10.7. The number of hydrogen-bond donors (Lipinski definition) is 1. The van der Waals surface area contributed by atoms with Crippen molar-refractivity contribution in [1.82, 2.24) is 4.98 Å². The van der Waals surface area contributed by atoms with Crippen LogP contribution in [-0.2, 0) is 0 Å². The van der Waals surface area contributed by atoms with Crippen molar-refractivity contribution in [2.24, 2.45) is 0 Å². The lowest BCUT2D eigenvalue weighted by Crippen LogP contribution is -1.99. The molecule has 0 saturated carbocycles. The summed E-state index contributed by atoms with van der Waals surface area (Å²) in [5, 5.41) is 10.5. The van der Waals surface area contributed by atoms with Gasteiger partial charge in [0.05, 0.1) is 6.61 Å². The van der Waals surface area contributed by atoms with E-state index >= 15 is 0 Å². The highest BCUT2D eigenvalue weighted by Crippen LogP contribution is 2.20. The molecule has 0 radical (unpaired) electrons. The Bertz CT molecular complexity index is 537. The molecule has 0 unspecified atom stereocenters. The van der Waals surface area contributed by atoms with Crippen molar-refractivity contribution < 1.29 is 14.6 Å². The second-order valence-electron chi connectivity index (χ2n) is 3.32. The average molecular weight is 217 g/mol. The molecule has 1 aromatic heterocycles. The smallest absolute Gasteiger partial charge is 0.354 e. The Kier molecular flexibility index (Phi) is 2.72. The van der Waals surface area contributed by atoms with Crippen LogP contribution >= 0.6 is 0 Å². The first-order chi connectivity index (χ1) is 7.70. The van der Waals surface area contributed by atoms with Crippen LogP contribution in [0.1, 0.15) is 17.4 Å². The number of pyridine rings is 1. The van der Waals surface area contributed by atoms with E-state index in [0.29, 0.717) is 6.61 Å². The van der Waals surface area contributed by atoms with E-state index in [2.05, 4.69) is 4.98 Å². The van der Waals surface area contributed by atoms with Crippen molar-refractivity contribution in [2.75, 3.05) is 6.61 Å². The molecule has 2 rings (SSSR count). The Morgan fingerprint density at radius 1 is 1.38 bits per heavy atom. The molecule has 0 atom stereocenters. The van der Waals surface area contributed by atoms with E-state index in [1.165, 1.54) is 0 Å². The molecule has 0 aliphatic heterocycles. The third-order valence-electron chi connectivity index (χ3n) is 2.22. The predicted octanol–water partition coefficient (Wildman–Crippen LogP) is 2.33. The molecule has 0 fully saturated rings. The fraction of sp³-hybridized carbons (Fsp3) is 0.167. The van der Waals surface area contributed by atoms with Gasteiger partial charge in [0.25, 0.3) is 0 Å². The molecule has 4 heteroatoms. The molecule has 1 N–H and O–H groups in total. The van der Waals surface area contributed by atoms with Gasteiger partial charge in [0, 0.05) is 11.6 Å². The SMILES string of the molecule is CCOc1ccc2cc(C(=O)O)ncc2c1. The van der Waals surface area contributed by atoms with E-state index in [9.17, 15) is 4.79 Å². The molecule has 0 spiro atoms. The minimum Gasteiger partial charge on any atom is -0.494 e. The van der Waals surface area contributed by atoms with Gasteiger partial charge in [-0.05, 0) is 30.5 Å². The van der Waals surface area contributed by atoms with Gasteiger partial charge in [-0.3, -0.25) is 0 Å². The summed E-state index contributed by atoms with van der Waals surface area (Å²) in [6.07, 6.45) is 1.54. The van der Waals surface area contributed by atoms with Crippen molar-refractivity contribution in [3.05, 3.63) is 36.2 Å². The van der Waals surface area contributed by atoms with E-state index in [4.69, 9.17) is 9.84 Å². The number of carboxylic acids is 1. The number of ether oxygens (including phenoxy) is 1. The summed E-state index contributed by atoms with van der Waals surface area (Å²) in [5.41, 5.74) is 0.0525. The topological polar surface area (TPSA) is 59.4 Å². The van der Waals surface area contributed by atoms with Crippen LogP contribution in [0.15, 0.2) is 30.5 Å². The minimum absolute atomic E-state index is 0.0525. The van der Waals surface area contributed by atoms with Crippen molar-refractivity contribution in [2.45, 2.75) is 6.92 Å². The summed E-state index contributed by atoms with van der Waals surface area (Å²) in [5.74, 6) is -0.254. The number of aromatic nitrogens is 1. The molecule has 0 amide bonds. The monoisotopic (exact) mass is 217 g/mol. The minimum atomic E-state index is -1.02. The zero-order valence-electron chi connectivity index (χ0n) is 8.80. The Hall–Kier alpha value is -2.10. The van der Waals surface area contributed by atoms with Gasteiger partial charge in [0.1, 0.15) is 11.4 Å². The van der Waals surface area contributed by atoms with E-state index in [0.717, 1.165) is 16.5 Å². The van der Waals surface area contributed by atoms with E-state index in [1.54, 1.807) is 12.3 Å². The van der Waals surface area contributed by atoms with Crippen LogP contribution in [0.4, 0.5) is 0 Å². The van der Waals surface area contributed by atoms with Crippen LogP contribution in [-0.4, -0.2) is 22.7 Å². The highest BCUT2D eigenvalue weighted by atomic mass is 16.5. The second-order valence-corrected chi connectivity index (χ2v) is 3.32. The van der Waals surface area contributed by atoms with E-state index in [1.807, 2.05) is 25.1 Å². The average Bonchev–Trinajstić information content (AvgIpc) is 2.28. The fourth-order valence-corrected chi connectivity index (χ4v) is 1.49. The summed E-state index contributed by atoms with van der Waals surface area (Å²) < 4.78 is 5.35. The maximum absolute atomic E-state index is 10.7. The predicted molar refractivity (Wildman–Crippen MR) is 59.9 cm³/mol. The van der Waals surface area contributed by atoms with Gasteiger partial charge in [-0.1, -0.05) is 6.07 Å². The van der Waals surface area contributed by atoms with E-state index < -0.39 is 5.97 Å². The number of nitrogens with zero attached hydrogens (tertiary/aromatic N) is 1. The van der Waals surface area contributed by atoms with Crippen LogP contribution in [0.2, 0.25) is 0 Å². The van der Waals surface area contributed by atoms with Gasteiger partial charge in [-0.2, -0.15) is 0 Å². The summed E-state index contributed by atoms with van der Waals surface area (Å²) in [7, 11) is 0. The lowest BCUT2D eigenvalue weighted by molar-refractivity contribution is 0.0690. The second kappa shape index (κ2) is 4.18. The zero-order valence-corrected chi connectivity index (χ0v) is 8.80. The molecule has 1 aromatic carbocycles. The Morgan fingerprint density at radius 3 is 2.88 bits per heavy atom. The molecule has 0 aliphatic rings. The van der Waals surface area contributed by atoms with Gasteiger partial charge < -0.3 is 9.84 Å². The van der Waals surface area contributed by atoms with Gasteiger partial charge in [-0.15, -0.1) is 0 Å². The van der Waals surface area contributed by atoms with Gasteiger partial charge in [-0.25, -0.2) is 9.78 Å². The van der Waals surface area contributed by atoms with Crippen LogP contribution < -0.4 is 4.74 Å². The van der Waals surface area contributed by atoms with Crippen molar-refractivity contribution >= 4 is 16.7 Å². The number of carbonyl (C=O) groups is 1. The first kappa shape index (κ1) is 10.4. The molecule has 2 aromatic rings. The first-order valence-electron chi connectivity index (χ1n) is 4.96. The Balaban J connectivity index is 2.48. The number of rotatable bonds is 3. The lowest BCUT2D eigenvalue weighted by atomic mass is 10.1. The van der Waals surface area contributed by atoms with Crippen LogP contribution in [0, 0.1) is 0 Å². The Morgan fingerprint density at radius 2 is 2.19 bits per heavy atom. The van der Waals surface area contributed by atoms with Crippen LogP contribution in [0.3, 0.4) is 0 Å². The van der Waals surface area contributed by atoms with E-state index in [-0.39, 0.29) is 5.69 Å².